The van der Waals surface area contributed by atoms with Crippen LogP contribution in [-0.4, -0.2) is 6.04 Å². The monoisotopic (exact) mass is 809 g/mol. The Morgan fingerprint density at radius 2 is 1.28 bits per heavy atom. The van der Waals surface area contributed by atoms with Crippen LogP contribution in [0.2, 0.25) is 0 Å². The van der Waals surface area contributed by atoms with Crippen molar-refractivity contribution < 1.29 is 0 Å². The Morgan fingerprint density at radius 1 is 0.639 bits per heavy atom. The van der Waals surface area contributed by atoms with Gasteiger partial charge in [0.15, 0.2) is 0 Å². The van der Waals surface area contributed by atoms with Crippen LogP contribution in [0.1, 0.15) is 73.9 Å². The highest BCUT2D eigenvalue weighted by molar-refractivity contribution is 7.26. The molecule has 7 aromatic carbocycles. The van der Waals surface area contributed by atoms with Crippen LogP contribution in [0.5, 0.6) is 0 Å². The Balaban J connectivity index is 0.00000253. The molecule has 0 spiro atoms. The first-order valence-corrected chi connectivity index (χ1v) is 22.7. The second kappa shape index (κ2) is 18.8. The number of hydrogen-bond donors (Lipinski definition) is 0. The highest BCUT2D eigenvalue weighted by atomic mass is 32.1. The minimum atomic E-state index is -0.482. The lowest BCUT2D eigenvalue weighted by atomic mass is 9.67. The fourth-order valence-corrected chi connectivity index (χ4v) is 10.4. The summed E-state index contributed by atoms with van der Waals surface area (Å²) in [5, 5.41) is 2.66. The number of allylic oxidation sites excluding steroid dienone is 6. The number of thiophene rings is 1. The van der Waals surface area contributed by atoms with E-state index >= 15 is 0 Å². The fraction of sp³-hybridized carbons (Fsp3) is 0.153. The minimum Gasteiger partial charge on any atom is -0.335 e. The molecule has 1 aliphatic rings. The third kappa shape index (κ3) is 7.85. The quantitative estimate of drug-likeness (QED) is 0.0637. The van der Waals surface area contributed by atoms with Gasteiger partial charge in [-0.1, -0.05) is 190 Å². The lowest BCUT2D eigenvalue weighted by molar-refractivity contribution is 0.768. The summed E-state index contributed by atoms with van der Waals surface area (Å²) in [6.07, 6.45) is 16.3. The van der Waals surface area contributed by atoms with Crippen molar-refractivity contribution >= 4 is 48.5 Å². The van der Waals surface area contributed by atoms with Crippen molar-refractivity contribution in [3.8, 4) is 11.1 Å². The number of anilines is 2. The van der Waals surface area contributed by atoms with Crippen LogP contribution in [-0.2, 0) is 11.8 Å². The predicted molar refractivity (Wildman–Crippen MR) is 268 cm³/mol. The zero-order valence-corrected chi connectivity index (χ0v) is 36.7. The van der Waals surface area contributed by atoms with Crippen molar-refractivity contribution in [1.29, 1.82) is 0 Å². The molecule has 0 radical (unpaired) electrons. The molecular formula is C59H55NS. The zero-order chi connectivity index (χ0) is 42.2. The van der Waals surface area contributed by atoms with E-state index in [0.717, 1.165) is 30.6 Å². The predicted octanol–water partition coefficient (Wildman–Crippen LogP) is 16.7. The Hall–Kier alpha value is -6.48. The lowest BCUT2D eigenvalue weighted by Crippen LogP contribution is -2.29. The summed E-state index contributed by atoms with van der Waals surface area (Å²) in [7, 11) is 0. The fourth-order valence-electron chi connectivity index (χ4n) is 9.17. The van der Waals surface area contributed by atoms with Gasteiger partial charge in [0.2, 0.25) is 0 Å². The second-order valence-corrected chi connectivity index (χ2v) is 16.5. The van der Waals surface area contributed by atoms with Crippen LogP contribution < -0.4 is 4.90 Å². The summed E-state index contributed by atoms with van der Waals surface area (Å²) in [4.78, 5) is 2.47. The molecule has 1 aromatic heterocycles. The van der Waals surface area contributed by atoms with Crippen LogP contribution in [0.3, 0.4) is 0 Å². The Labute approximate surface area is 367 Å². The number of nitrogens with zero attached hydrogens (tertiary/aromatic N) is 1. The lowest BCUT2D eigenvalue weighted by Gasteiger charge is -2.35. The van der Waals surface area contributed by atoms with E-state index in [1.807, 2.05) is 31.3 Å². The first-order valence-electron chi connectivity index (χ1n) is 21.9. The number of benzene rings is 7. The Kier molecular flexibility index (Phi) is 12.7. The van der Waals surface area contributed by atoms with E-state index in [9.17, 15) is 0 Å². The molecule has 0 amide bonds. The number of unbranched alkanes of at least 4 members (excludes halogenated alkanes) is 1. The molecule has 1 aliphatic carbocycles. The molecule has 0 saturated carbocycles. The van der Waals surface area contributed by atoms with Gasteiger partial charge in [-0.25, -0.2) is 0 Å². The van der Waals surface area contributed by atoms with Gasteiger partial charge in [-0.05, 0) is 108 Å². The SMILES string of the molecule is C=CCC/C=C\Cc1ccc(N(c2ccc(C3(c4ccccc4)c4ccccc4-c4c3ccc3c4sc4ccccc43)cc2)C(C)/C=C\C(=C/C)c2ccccc2)cc1.CC. The molecule has 2 atom stereocenters. The van der Waals surface area contributed by atoms with Crippen molar-refractivity contribution in [3.05, 3.63) is 246 Å². The molecule has 9 rings (SSSR count). The molecule has 0 aliphatic heterocycles. The summed E-state index contributed by atoms with van der Waals surface area (Å²) < 4.78 is 2.70. The minimum absolute atomic E-state index is 0.0708. The first kappa shape index (κ1) is 41.3. The molecular weight excluding hydrogens is 755 g/mol. The second-order valence-electron chi connectivity index (χ2n) is 15.5. The van der Waals surface area contributed by atoms with E-state index in [2.05, 4.69) is 226 Å². The molecule has 0 bridgehead atoms. The molecule has 61 heavy (non-hydrogen) atoms. The van der Waals surface area contributed by atoms with Crippen LogP contribution >= 0.6 is 11.3 Å². The van der Waals surface area contributed by atoms with E-state index in [1.54, 1.807) is 0 Å². The van der Waals surface area contributed by atoms with Gasteiger partial charge in [0.05, 0.1) is 5.41 Å². The molecule has 0 fully saturated rings. The maximum Gasteiger partial charge on any atom is 0.0714 e. The zero-order valence-electron chi connectivity index (χ0n) is 35.9. The summed E-state index contributed by atoms with van der Waals surface area (Å²) in [5.74, 6) is 0. The van der Waals surface area contributed by atoms with E-state index in [4.69, 9.17) is 0 Å². The summed E-state index contributed by atoms with van der Waals surface area (Å²) in [6, 6.07) is 63.2. The Morgan fingerprint density at radius 3 is 2.00 bits per heavy atom. The van der Waals surface area contributed by atoms with Gasteiger partial charge in [0.1, 0.15) is 0 Å². The van der Waals surface area contributed by atoms with Gasteiger partial charge in [-0.15, -0.1) is 17.9 Å². The normalized spacial score (nSPS) is 15.1. The summed E-state index contributed by atoms with van der Waals surface area (Å²) in [5.41, 5.74) is 13.5. The van der Waals surface area contributed by atoms with Gasteiger partial charge < -0.3 is 4.90 Å². The molecule has 0 N–H and O–H groups in total. The number of rotatable bonds is 13. The van der Waals surface area contributed by atoms with Crippen molar-refractivity contribution in [3.63, 3.8) is 0 Å². The highest BCUT2D eigenvalue weighted by Gasteiger charge is 2.47. The molecule has 2 unspecified atom stereocenters. The average Bonchev–Trinajstić information content (AvgIpc) is 3.85. The highest BCUT2D eigenvalue weighted by Crippen LogP contribution is 2.59. The summed E-state index contributed by atoms with van der Waals surface area (Å²) >= 11 is 1.92. The maximum atomic E-state index is 3.86. The molecule has 302 valence electrons. The number of hydrogen-bond acceptors (Lipinski definition) is 2. The summed E-state index contributed by atoms with van der Waals surface area (Å²) in [6.45, 7) is 12.3. The van der Waals surface area contributed by atoms with E-state index < -0.39 is 5.41 Å². The third-order valence-electron chi connectivity index (χ3n) is 12.0. The molecule has 0 saturated heterocycles. The van der Waals surface area contributed by atoms with Gasteiger partial charge in [0.25, 0.3) is 0 Å². The van der Waals surface area contributed by atoms with E-state index in [1.165, 1.54) is 70.3 Å². The van der Waals surface area contributed by atoms with Crippen LogP contribution in [0.15, 0.2) is 213 Å². The van der Waals surface area contributed by atoms with Crippen LogP contribution in [0.25, 0.3) is 36.9 Å². The standard InChI is InChI=1S/C57H49NS.C2H6/c1-4-6-7-8-11-20-42-30-35-47(36-31-42)58(41(3)29-32-43(5-2)44-21-12-9-13-22-44)48-37-33-46(34-38-48)57(45-23-14-10-15-24-45)52-27-18-16-26-51(52)55-53(57)40-39-50-49-25-17-19-28-54(49)59-56(50)55;1-2/h4-5,8-19,21-41H,1,6-7,20H2,2-3H3;1-2H3/b11-8-,32-29-,43-5+;. The number of fused-ring (bicyclic) bond motifs is 7. The van der Waals surface area contributed by atoms with Gasteiger partial charge in [-0.2, -0.15) is 0 Å². The van der Waals surface area contributed by atoms with Crippen LogP contribution in [0, 0.1) is 0 Å². The smallest absolute Gasteiger partial charge is 0.0714 e. The van der Waals surface area contributed by atoms with Crippen molar-refractivity contribution in [2.45, 2.75) is 58.4 Å². The van der Waals surface area contributed by atoms with Crippen molar-refractivity contribution in [1.82, 2.24) is 0 Å². The molecule has 8 aromatic rings. The van der Waals surface area contributed by atoms with E-state index in [0.29, 0.717) is 0 Å². The topological polar surface area (TPSA) is 3.24 Å². The van der Waals surface area contributed by atoms with Crippen LogP contribution in [0.4, 0.5) is 11.4 Å². The molecule has 1 nitrogen and oxygen atoms in total. The third-order valence-corrected chi connectivity index (χ3v) is 13.2. The molecule has 1 heterocycles. The van der Waals surface area contributed by atoms with Gasteiger partial charge in [0, 0.05) is 43.2 Å². The first-order chi connectivity index (χ1) is 30.1. The van der Waals surface area contributed by atoms with Gasteiger partial charge >= 0.3 is 0 Å². The Bertz CT molecular complexity index is 2820. The van der Waals surface area contributed by atoms with Gasteiger partial charge in [-0.3, -0.25) is 0 Å². The van der Waals surface area contributed by atoms with Crippen molar-refractivity contribution in [2.24, 2.45) is 0 Å². The average molecular weight is 810 g/mol. The van der Waals surface area contributed by atoms with Crippen molar-refractivity contribution in [2.75, 3.05) is 4.90 Å². The van der Waals surface area contributed by atoms with E-state index in [-0.39, 0.29) is 6.04 Å². The largest absolute Gasteiger partial charge is 0.335 e. The molecule has 2 heteroatoms. The maximum absolute atomic E-state index is 3.86.